The Morgan fingerprint density at radius 3 is 2.15 bits per heavy atom. The molecule has 10 heteroatoms. The van der Waals surface area contributed by atoms with Gasteiger partial charge in [0, 0.05) is 5.69 Å². The number of nitrogens with one attached hydrogen (secondary N) is 1. The smallest absolute Gasteiger partial charge is 0.337 e. The predicted molar refractivity (Wildman–Crippen MR) is 120 cm³/mol. The number of hydrogen-bond donors (Lipinski definition) is 1. The van der Waals surface area contributed by atoms with Crippen molar-refractivity contribution in [2.75, 3.05) is 30.4 Å². The van der Waals surface area contributed by atoms with Crippen LogP contribution in [0.15, 0.2) is 77.7 Å². The van der Waals surface area contributed by atoms with Gasteiger partial charge >= 0.3 is 5.97 Å². The maximum Gasteiger partial charge on any atom is 0.337 e. The van der Waals surface area contributed by atoms with Crippen molar-refractivity contribution >= 4 is 33.3 Å². The Morgan fingerprint density at radius 1 is 0.939 bits per heavy atom. The predicted octanol–water partition coefficient (Wildman–Crippen LogP) is 3.45. The molecule has 1 N–H and O–H groups in total. The second kappa shape index (κ2) is 10.1. The fourth-order valence-electron chi connectivity index (χ4n) is 2.97. The highest BCUT2D eigenvalue weighted by Crippen LogP contribution is 2.27. The van der Waals surface area contributed by atoms with Gasteiger partial charge in [-0.15, -0.1) is 0 Å². The summed E-state index contributed by atoms with van der Waals surface area (Å²) in [6, 6.07) is 16.6. The minimum Gasteiger partial charge on any atom is -0.497 e. The highest BCUT2D eigenvalue weighted by atomic mass is 32.2. The third-order valence-corrected chi connectivity index (χ3v) is 6.42. The van der Waals surface area contributed by atoms with Crippen LogP contribution in [0.1, 0.15) is 10.4 Å². The van der Waals surface area contributed by atoms with Gasteiger partial charge in [0.25, 0.3) is 10.0 Å². The van der Waals surface area contributed by atoms with Crippen molar-refractivity contribution in [3.05, 3.63) is 84.2 Å². The Morgan fingerprint density at radius 2 is 1.58 bits per heavy atom. The lowest BCUT2D eigenvalue weighted by atomic mass is 10.2. The number of esters is 1. The zero-order valence-corrected chi connectivity index (χ0v) is 18.6. The molecular formula is C23H21FN2O6S. The highest BCUT2D eigenvalue weighted by molar-refractivity contribution is 7.92. The van der Waals surface area contributed by atoms with Crippen LogP contribution in [0.25, 0.3) is 0 Å². The Balaban J connectivity index is 1.89. The van der Waals surface area contributed by atoms with Crippen LogP contribution in [-0.4, -0.2) is 41.1 Å². The number of amides is 1. The first-order valence-corrected chi connectivity index (χ1v) is 11.1. The van der Waals surface area contributed by atoms with E-state index in [1.165, 1.54) is 80.9 Å². The number of nitrogens with zero attached hydrogens (tertiary/aromatic N) is 1. The monoisotopic (exact) mass is 472 g/mol. The first kappa shape index (κ1) is 23.7. The SMILES string of the molecule is COC(=O)c1ccc(NC(=O)CN(c2ccccc2F)S(=O)(=O)c2ccc(OC)cc2)cc1. The first-order valence-electron chi connectivity index (χ1n) is 9.66. The second-order valence-corrected chi connectivity index (χ2v) is 8.62. The van der Waals surface area contributed by atoms with Crippen LogP contribution in [0.4, 0.5) is 15.8 Å². The maximum absolute atomic E-state index is 14.5. The average Bonchev–Trinajstić information content (AvgIpc) is 2.83. The van der Waals surface area contributed by atoms with Gasteiger partial charge in [0.05, 0.1) is 30.4 Å². The molecule has 0 radical (unpaired) electrons. The quantitative estimate of drug-likeness (QED) is 0.504. The van der Waals surface area contributed by atoms with Crippen LogP contribution in [-0.2, 0) is 19.6 Å². The summed E-state index contributed by atoms with van der Waals surface area (Å²) in [7, 11) is -1.60. The summed E-state index contributed by atoms with van der Waals surface area (Å²) < 4.78 is 51.5. The largest absolute Gasteiger partial charge is 0.497 e. The lowest BCUT2D eigenvalue weighted by Gasteiger charge is -2.24. The molecule has 1 amide bonds. The molecule has 0 spiro atoms. The highest BCUT2D eigenvalue weighted by Gasteiger charge is 2.29. The molecule has 172 valence electrons. The number of carbonyl (C=O) groups is 2. The minimum atomic E-state index is -4.29. The molecule has 0 heterocycles. The van der Waals surface area contributed by atoms with Gasteiger partial charge in [0.15, 0.2) is 0 Å². The van der Waals surface area contributed by atoms with E-state index in [0.717, 1.165) is 6.07 Å². The number of rotatable bonds is 8. The van der Waals surface area contributed by atoms with Crippen molar-refractivity contribution in [1.29, 1.82) is 0 Å². The molecule has 0 aliphatic heterocycles. The Kier molecular flexibility index (Phi) is 7.29. The number of methoxy groups -OCH3 is 2. The van der Waals surface area contributed by atoms with Crippen LogP contribution in [0.5, 0.6) is 5.75 Å². The molecule has 0 fully saturated rings. The molecule has 0 saturated heterocycles. The molecule has 0 bridgehead atoms. The van der Waals surface area contributed by atoms with Crippen molar-refractivity contribution in [2.45, 2.75) is 4.90 Å². The van der Waals surface area contributed by atoms with Crippen molar-refractivity contribution in [1.82, 2.24) is 0 Å². The average molecular weight is 472 g/mol. The van der Waals surface area contributed by atoms with E-state index in [1.54, 1.807) is 0 Å². The van der Waals surface area contributed by atoms with Crippen LogP contribution >= 0.6 is 0 Å². The third-order valence-electron chi connectivity index (χ3n) is 4.65. The van der Waals surface area contributed by atoms with Crippen molar-refractivity contribution in [2.24, 2.45) is 0 Å². The molecule has 0 aromatic heterocycles. The molecule has 33 heavy (non-hydrogen) atoms. The summed E-state index contributed by atoms with van der Waals surface area (Å²) in [6.07, 6.45) is 0. The van der Waals surface area contributed by atoms with Gasteiger partial charge in [0.2, 0.25) is 5.91 Å². The zero-order valence-electron chi connectivity index (χ0n) is 17.8. The maximum atomic E-state index is 14.5. The standard InChI is InChI=1S/C23H21FN2O6S/c1-31-18-11-13-19(14-12-18)33(29,30)26(21-6-4-3-5-20(21)24)15-22(27)25-17-9-7-16(8-10-17)23(28)32-2/h3-14H,15H2,1-2H3,(H,25,27). The summed E-state index contributed by atoms with van der Waals surface area (Å²) in [5, 5.41) is 2.55. The second-order valence-electron chi connectivity index (χ2n) is 6.76. The van der Waals surface area contributed by atoms with Crippen molar-refractivity contribution in [3.63, 3.8) is 0 Å². The zero-order chi connectivity index (χ0) is 24.0. The Labute approximate surface area is 190 Å². The molecule has 0 aliphatic carbocycles. The van der Waals surface area contributed by atoms with Crippen LogP contribution in [0.2, 0.25) is 0 Å². The number of para-hydroxylation sites is 1. The number of halogens is 1. The number of anilines is 2. The van der Waals surface area contributed by atoms with Gasteiger partial charge in [-0.05, 0) is 60.7 Å². The number of hydrogen-bond acceptors (Lipinski definition) is 6. The molecule has 0 unspecified atom stereocenters. The van der Waals surface area contributed by atoms with Gasteiger partial charge in [-0.2, -0.15) is 0 Å². The number of benzene rings is 3. The van der Waals surface area contributed by atoms with E-state index < -0.39 is 34.3 Å². The van der Waals surface area contributed by atoms with Crippen LogP contribution < -0.4 is 14.4 Å². The van der Waals surface area contributed by atoms with E-state index in [1.807, 2.05) is 0 Å². The molecule has 3 aromatic rings. The molecule has 8 nitrogen and oxygen atoms in total. The summed E-state index contributed by atoms with van der Waals surface area (Å²) in [4.78, 5) is 24.1. The summed E-state index contributed by atoms with van der Waals surface area (Å²) >= 11 is 0. The van der Waals surface area contributed by atoms with Crippen LogP contribution in [0, 0.1) is 5.82 Å². The van der Waals surface area contributed by atoms with Gasteiger partial charge in [0.1, 0.15) is 18.1 Å². The van der Waals surface area contributed by atoms with Crippen molar-refractivity contribution < 1.29 is 31.9 Å². The Hall–Kier alpha value is -3.92. The van der Waals surface area contributed by atoms with E-state index >= 15 is 0 Å². The molecular weight excluding hydrogens is 451 g/mol. The third kappa shape index (κ3) is 5.47. The summed E-state index contributed by atoms with van der Waals surface area (Å²) in [5.74, 6) is -1.60. The lowest BCUT2D eigenvalue weighted by molar-refractivity contribution is -0.114. The molecule has 0 aliphatic rings. The fraction of sp³-hybridized carbons (Fsp3) is 0.130. The van der Waals surface area contributed by atoms with E-state index in [-0.39, 0.29) is 16.1 Å². The minimum absolute atomic E-state index is 0.137. The molecule has 3 aromatic carbocycles. The molecule has 0 saturated carbocycles. The number of carbonyl (C=O) groups excluding carboxylic acids is 2. The topological polar surface area (TPSA) is 102 Å². The lowest BCUT2D eigenvalue weighted by Crippen LogP contribution is -2.38. The van der Waals surface area contributed by atoms with E-state index in [9.17, 15) is 22.4 Å². The Bertz CT molecular complexity index is 1240. The fourth-order valence-corrected chi connectivity index (χ4v) is 4.40. The van der Waals surface area contributed by atoms with Crippen molar-refractivity contribution in [3.8, 4) is 5.75 Å². The van der Waals surface area contributed by atoms with E-state index in [0.29, 0.717) is 15.7 Å². The summed E-state index contributed by atoms with van der Waals surface area (Å²) in [6.45, 7) is -0.686. The van der Waals surface area contributed by atoms with E-state index in [4.69, 9.17) is 4.74 Å². The molecule has 3 rings (SSSR count). The van der Waals surface area contributed by atoms with E-state index in [2.05, 4.69) is 10.1 Å². The van der Waals surface area contributed by atoms with Gasteiger partial charge < -0.3 is 14.8 Å². The van der Waals surface area contributed by atoms with Gasteiger partial charge in [-0.1, -0.05) is 12.1 Å². The summed E-state index contributed by atoms with van der Waals surface area (Å²) in [5.41, 5.74) is 0.332. The molecule has 0 atom stereocenters. The van der Waals surface area contributed by atoms with Crippen LogP contribution in [0.3, 0.4) is 0 Å². The number of ether oxygens (including phenoxy) is 2. The normalized spacial score (nSPS) is 10.9. The van der Waals surface area contributed by atoms with Gasteiger partial charge in [-0.3, -0.25) is 9.10 Å². The van der Waals surface area contributed by atoms with Gasteiger partial charge in [-0.25, -0.2) is 17.6 Å². The first-order chi connectivity index (χ1) is 15.8. The number of sulfonamides is 1.